The first-order valence-electron chi connectivity index (χ1n) is 6.87. The first-order valence-corrected chi connectivity index (χ1v) is 8.31. The number of ether oxygens (including phenoxy) is 2. The zero-order valence-corrected chi connectivity index (χ0v) is 12.5. The number of rotatable bonds is 4. The van der Waals surface area contributed by atoms with Gasteiger partial charge in [0.15, 0.2) is 0 Å². The SMILES string of the molecule is CC(C)Oc1ccc(S(=O)(=O)N2C[C@H]3C[C@H]2CO3)cc1. The first-order chi connectivity index (χ1) is 9.46. The minimum absolute atomic E-state index is 0.00316. The molecule has 6 heteroatoms. The highest BCUT2D eigenvalue weighted by Crippen LogP contribution is 2.33. The fraction of sp³-hybridized carbons (Fsp3) is 0.571. The maximum Gasteiger partial charge on any atom is 0.243 e. The van der Waals surface area contributed by atoms with Crippen LogP contribution in [-0.2, 0) is 14.8 Å². The summed E-state index contributed by atoms with van der Waals surface area (Å²) in [5.74, 6) is 0.685. The largest absolute Gasteiger partial charge is 0.491 e. The maximum atomic E-state index is 12.6. The van der Waals surface area contributed by atoms with Crippen LogP contribution in [0.4, 0.5) is 0 Å². The molecule has 0 spiro atoms. The van der Waals surface area contributed by atoms with Crippen LogP contribution in [0, 0.1) is 0 Å². The van der Waals surface area contributed by atoms with E-state index >= 15 is 0 Å². The van der Waals surface area contributed by atoms with Gasteiger partial charge < -0.3 is 9.47 Å². The van der Waals surface area contributed by atoms with Crippen LogP contribution in [0.25, 0.3) is 0 Å². The molecule has 2 fully saturated rings. The fourth-order valence-corrected chi connectivity index (χ4v) is 4.41. The smallest absolute Gasteiger partial charge is 0.243 e. The van der Waals surface area contributed by atoms with Crippen LogP contribution in [0.1, 0.15) is 20.3 Å². The molecule has 5 nitrogen and oxygen atoms in total. The Morgan fingerprint density at radius 2 is 2.00 bits per heavy atom. The van der Waals surface area contributed by atoms with Gasteiger partial charge in [0.05, 0.1) is 29.8 Å². The molecule has 1 aromatic carbocycles. The van der Waals surface area contributed by atoms with Crippen molar-refractivity contribution >= 4 is 10.0 Å². The van der Waals surface area contributed by atoms with Gasteiger partial charge in [-0.1, -0.05) is 0 Å². The van der Waals surface area contributed by atoms with Gasteiger partial charge in [-0.2, -0.15) is 4.31 Å². The van der Waals surface area contributed by atoms with Crippen LogP contribution in [0.3, 0.4) is 0 Å². The quantitative estimate of drug-likeness (QED) is 0.847. The van der Waals surface area contributed by atoms with Crippen molar-refractivity contribution in [1.29, 1.82) is 0 Å². The van der Waals surface area contributed by atoms with Crippen LogP contribution in [0.2, 0.25) is 0 Å². The number of hydrogen-bond donors (Lipinski definition) is 0. The highest BCUT2D eigenvalue weighted by atomic mass is 32.2. The second-order valence-electron chi connectivity index (χ2n) is 5.56. The molecule has 0 unspecified atom stereocenters. The van der Waals surface area contributed by atoms with Crippen molar-refractivity contribution < 1.29 is 17.9 Å². The van der Waals surface area contributed by atoms with Crippen molar-refractivity contribution in [2.75, 3.05) is 13.2 Å². The maximum absolute atomic E-state index is 12.6. The minimum Gasteiger partial charge on any atom is -0.491 e. The third-order valence-electron chi connectivity index (χ3n) is 3.65. The molecular formula is C14H19NO4S. The van der Waals surface area contributed by atoms with E-state index in [1.54, 1.807) is 28.6 Å². The molecule has 0 saturated carbocycles. The predicted octanol–water partition coefficient (Wildman–Crippen LogP) is 1.64. The number of nitrogens with zero attached hydrogens (tertiary/aromatic N) is 1. The van der Waals surface area contributed by atoms with Crippen molar-refractivity contribution in [1.82, 2.24) is 4.31 Å². The predicted molar refractivity (Wildman–Crippen MR) is 74.2 cm³/mol. The first kappa shape index (κ1) is 13.9. The Labute approximate surface area is 119 Å². The molecule has 2 atom stereocenters. The Morgan fingerprint density at radius 1 is 1.30 bits per heavy atom. The van der Waals surface area contributed by atoms with Gasteiger partial charge in [-0.15, -0.1) is 0 Å². The molecule has 2 aliphatic heterocycles. The van der Waals surface area contributed by atoms with Crippen LogP contribution >= 0.6 is 0 Å². The third-order valence-corrected chi connectivity index (χ3v) is 5.58. The van der Waals surface area contributed by atoms with E-state index in [9.17, 15) is 8.42 Å². The Balaban J connectivity index is 1.81. The monoisotopic (exact) mass is 297 g/mol. The molecule has 2 heterocycles. The Morgan fingerprint density at radius 3 is 2.50 bits per heavy atom. The number of benzene rings is 1. The molecule has 110 valence electrons. The molecule has 2 aliphatic rings. The molecule has 0 N–H and O–H groups in total. The average Bonchev–Trinajstić information content (AvgIpc) is 3.01. The normalized spacial score (nSPS) is 26.4. The fourth-order valence-electron chi connectivity index (χ4n) is 2.76. The van der Waals surface area contributed by atoms with E-state index in [4.69, 9.17) is 9.47 Å². The molecule has 1 aromatic rings. The van der Waals surface area contributed by atoms with E-state index in [1.807, 2.05) is 13.8 Å². The Kier molecular flexibility index (Phi) is 3.48. The number of sulfonamides is 1. The van der Waals surface area contributed by atoms with Gasteiger partial charge >= 0.3 is 0 Å². The van der Waals surface area contributed by atoms with E-state index in [2.05, 4.69) is 0 Å². The average molecular weight is 297 g/mol. The summed E-state index contributed by atoms with van der Waals surface area (Å²) in [6.07, 6.45) is 0.954. The molecule has 3 rings (SSSR count). The summed E-state index contributed by atoms with van der Waals surface area (Å²) in [5, 5.41) is 0. The van der Waals surface area contributed by atoms with Gasteiger partial charge in [0, 0.05) is 6.54 Å². The number of hydrogen-bond acceptors (Lipinski definition) is 4. The van der Waals surface area contributed by atoms with E-state index in [1.165, 1.54) is 0 Å². The summed E-state index contributed by atoms with van der Waals surface area (Å²) in [5.41, 5.74) is 0. The van der Waals surface area contributed by atoms with Crippen molar-refractivity contribution in [3.8, 4) is 5.75 Å². The zero-order valence-electron chi connectivity index (χ0n) is 11.7. The van der Waals surface area contributed by atoms with Gasteiger partial charge in [-0.3, -0.25) is 0 Å². The van der Waals surface area contributed by atoms with Crippen molar-refractivity contribution in [2.24, 2.45) is 0 Å². The summed E-state index contributed by atoms with van der Waals surface area (Å²) >= 11 is 0. The summed E-state index contributed by atoms with van der Waals surface area (Å²) < 4.78 is 37.7. The molecule has 2 saturated heterocycles. The van der Waals surface area contributed by atoms with Crippen molar-refractivity contribution in [2.45, 2.75) is 43.4 Å². The van der Waals surface area contributed by atoms with Crippen LogP contribution in [0.5, 0.6) is 5.75 Å². The standard InChI is InChI=1S/C14H19NO4S/c1-10(2)19-12-3-5-14(6-4-12)20(16,17)15-8-13-7-11(15)9-18-13/h3-6,10-11,13H,7-9H2,1-2H3/t11-,13+/m0/s1. The van der Waals surface area contributed by atoms with E-state index in [-0.39, 0.29) is 18.2 Å². The summed E-state index contributed by atoms with van der Waals surface area (Å²) in [4.78, 5) is 0.321. The highest BCUT2D eigenvalue weighted by Gasteiger charge is 2.45. The summed E-state index contributed by atoms with van der Waals surface area (Å²) in [6.45, 7) is 4.85. The van der Waals surface area contributed by atoms with Crippen molar-refractivity contribution in [3.05, 3.63) is 24.3 Å². The van der Waals surface area contributed by atoms with E-state index in [0.29, 0.717) is 23.8 Å². The molecule has 0 radical (unpaired) electrons. The third kappa shape index (κ3) is 2.43. The highest BCUT2D eigenvalue weighted by molar-refractivity contribution is 7.89. The second-order valence-corrected chi connectivity index (χ2v) is 7.45. The second kappa shape index (κ2) is 5.02. The van der Waals surface area contributed by atoms with Crippen LogP contribution in [0.15, 0.2) is 29.2 Å². The lowest BCUT2D eigenvalue weighted by Crippen LogP contribution is -2.41. The lowest BCUT2D eigenvalue weighted by Gasteiger charge is -2.26. The van der Waals surface area contributed by atoms with Crippen molar-refractivity contribution in [3.63, 3.8) is 0 Å². The molecule has 0 amide bonds. The molecule has 20 heavy (non-hydrogen) atoms. The lowest BCUT2D eigenvalue weighted by molar-refractivity contribution is 0.0608. The number of morpholine rings is 1. The van der Waals surface area contributed by atoms with Gasteiger partial charge in [-0.25, -0.2) is 8.42 Å². The van der Waals surface area contributed by atoms with Gasteiger partial charge in [0.2, 0.25) is 10.0 Å². The zero-order chi connectivity index (χ0) is 14.3. The Hall–Kier alpha value is -1.11. The molecule has 0 aromatic heterocycles. The lowest BCUT2D eigenvalue weighted by atomic mass is 10.3. The van der Waals surface area contributed by atoms with E-state index in [0.717, 1.165) is 6.42 Å². The molecular weight excluding hydrogens is 278 g/mol. The Bertz CT molecular complexity index is 582. The van der Waals surface area contributed by atoms with Gasteiger partial charge in [0.25, 0.3) is 0 Å². The molecule has 0 aliphatic carbocycles. The van der Waals surface area contributed by atoms with E-state index < -0.39 is 10.0 Å². The molecule has 2 bridgehead atoms. The summed E-state index contributed by atoms with van der Waals surface area (Å²) in [7, 11) is -3.42. The van der Waals surface area contributed by atoms with Crippen LogP contribution < -0.4 is 4.74 Å². The van der Waals surface area contributed by atoms with Gasteiger partial charge in [-0.05, 0) is 44.5 Å². The van der Waals surface area contributed by atoms with Crippen LogP contribution in [-0.4, -0.2) is 44.1 Å². The topological polar surface area (TPSA) is 55.8 Å². The summed E-state index contributed by atoms with van der Waals surface area (Å²) in [6, 6.07) is 6.63. The van der Waals surface area contributed by atoms with Gasteiger partial charge in [0.1, 0.15) is 5.75 Å². The number of fused-ring (bicyclic) bond motifs is 2. The minimum atomic E-state index is -3.42.